The van der Waals surface area contributed by atoms with E-state index < -0.39 is 5.97 Å². The van der Waals surface area contributed by atoms with E-state index in [1.54, 1.807) is 0 Å². The quantitative estimate of drug-likeness (QED) is 0.873. The lowest BCUT2D eigenvalue weighted by atomic mass is 9.96. The first-order chi connectivity index (χ1) is 9.74. The summed E-state index contributed by atoms with van der Waals surface area (Å²) in [5.74, 6) is -0.574. The van der Waals surface area contributed by atoms with Crippen LogP contribution < -0.4 is 5.32 Å². The number of imidazole rings is 1. The van der Waals surface area contributed by atoms with Gasteiger partial charge in [0.15, 0.2) is 0 Å². The number of rotatable bonds is 5. The summed E-state index contributed by atoms with van der Waals surface area (Å²) >= 11 is 0. The van der Waals surface area contributed by atoms with Gasteiger partial charge in [-0.05, 0) is 37.4 Å². The first-order valence-electron chi connectivity index (χ1n) is 7.10. The second-order valence-electron chi connectivity index (χ2n) is 5.46. The van der Waals surface area contributed by atoms with Gasteiger partial charge >= 0.3 is 5.97 Å². The second kappa shape index (κ2) is 5.63. The summed E-state index contributed by atoms with van der Waals surface area (Å²) in [5.41, 5.74) is 1.93. The number of fused-ring (bicyclic) bond motifs is 1. The Kier molecular flexibility index (Phi) is 3.69. The Hall–Kier alpha value is -1.88. The average Bonchev–Trinajstić information content (AvgIpc) is 3.04. The maximum Gasteiger partial charge on any atom is 0.306 e. The number of pyridine rings is 1. The van der Waals surface area contributed by atoms with Gasteiger partial charge in [0.25, 0.3) is 0 Å². The number of nitrogens with zero attached hydrogens (tertiary/aromatic N) is 2. The average molecular weight is 273 g/mol. The van der Waals surface area contributed by atoms with Crippen LogP contribution in [0.4, 0.5) is 0 Å². The van der Waals surface area contributed by atoms with E-state index in [0.29, 0.717) is 6.54 Å². The van der Waals surface area contributed by atoms with Gasteiger partial charge in [0.05, 0.1) is 11.6 Å². The van der Waals surface area contributed by atoms with Gasteiger partial charge in [-0.25, -0.2) is 4.98 Å². The topological polar surface area (TPSA) is 66.6 Å². The van der Waals surface area contributed by atoms with Crippen molar-refractivity contribution in [1.29, 1.82) is 0 Å². The van der Waals surface area contributed by atoms with Crippen molar-refractivity contribution in [1.82, 2.24) is 14.7 Å². The van der Waals surface area contributed by atoms with E-state index in [0.717, 1.165) is 37.1 Å². The van der Waals surface area contributed by atoms with Gasteiger partial charge in [0, 0.05) is 18.9 Å². The van der Waals surface area contributed by atoms with Crippen molar-refractivity contribution >= 4 is 11.6 Å². The van der Waals surface area contributed by atoms with Gasteiger partial charge in [-0.1, -0.05) is 12.5 Å². The third-order valence-corrected chi connectivity index (χ3v) is 4.10. The van der Waals surface area contributed by atoms with Crippen LogP contribution in [0.25, 0.3) is 5.65 Å². The molecule has 0 spiro atoms. The highest BCUT2D eigenvalue weighted by Gasteiger charge is 2.32. The molecule has 3 rings (SSSR count). The smallest absolute Gasteiger partial charge is 0.306 e. The molecule has 2 aromatic rings. The normalized spacial score (nSPS) is 22.4. The van der Waals surface area contributed by atoms with E-state index >= 15 is 0 Å². The minimum absolute atomic E-state index is 0.177. The number of carboxylic acid groups (broad SMARTS) is 1. The Morgan fingerprint density at radius 2 is 2.35 bits per heavy atom. The molecule has 1 aliphatic carbocycles. The molecule has 0 saturated heterocycles. The molecule has 5 heteroatoms. The van der Waals surface area contributed by atoms with Crippen molar-refractivity contribution in [2.24, 2.45) is 11.8 Å². The first kappa shape index (κ1) is 13.1. The molecule has 0 bridgehead atoms. The molecule has 1 fully saturated rings. The summed E-state index contributed by atoms with van der Waals surface area (Å²) in [6, 6.07) is 5.92. The number of nitrogens with one attached hydrogen (secondary N) is 1. The molecular weight excluding hydrogens is 254 g/mol. The molecule has 2 N–H and O–H groups in total. The van der Waals surface area contributed by atoms with Crippen molar-refractivity contribution in [2.45, 2.75) is 25.8 Å². The number of aromatic nitrogens is 2. The molecule has 2 unspecified atom stereocenters. The molecule has 1 aliphatic rings. The van der Waals surface area contributed by atoms with Gasteiger partial charge in [-0.3, -0.25) is 4.79 Å². The predicted molar refractivity (Wildman–Crippen MR) is 75.4 cm³/mol. The Morgan fingerprint density at radius 1 is 1.45 bits per heavy atom. The van der Waals surface area contributed by atoms with Gasteiger partial charge < -0.3 is 14.8 Å². The van der Waals surface area contributed by atoms with Crippen LogP contribution in [0.15, 0.2) is 30.6 Å². The van der Waals surface area contributed by atoms with E-state index in [1.807, 2.05) is 35.0 Å². The summed E-state index contributed by atoms with van der Waals surface area (Å²) in [4.78, 5) is 15.6. The van der Waals surface area contributed by atoms with E-state index in [4.69, 9.17) is 5.11 Å². The van der Waals surface area contributed by atoms with Crippen LogP contribution in [-0.2, 0) is 11.3 Å². The van der Waals surface area contributed by atoms with Gasteiger partial charge in [0.1, 0.15) is 5.65 Å². The fourth-order valence-electron chi connectivity index (χ4n) is 3.06. The third kappa shape index (κ3) is 2.67. The predicted octanol–water partition coefficient (Wildman–Crippen LogP) is 1.92. The number of hydrogen-bond acceptors (Lipinski definition) is 3. The third-order valence-electron chi connectivity index (χ3n) is 4.10. The highest BCUT2D eigenvalue weighted by atomic mass is 16.4. The van der Waals surface area contributed by atoms with Crippen molar-refractivity contribution in [3.05, 3.63) is 36.3 Å². The van der Waals surface area contributed by atoms with E-state index in [1.165, 1.54) is 0 Å². The summed E-state index contributed by atoms with van der Waals surface area (Å²) < 4.78 is 1.99. The summed E-state index contributed by atoms with van der Waals surface area (Å²) in [7, 11) is 0. The highest BCUT2D eigenvalue weighted by molar-refractivity contribution is 5.70. The summed E-state index contributed by atoms with van der Waals surface area (Å²) in [6.45, 7) is 1.44. The molecule has 2 heterocycles. The molecule has 20 heavy (non-hydrogen) atoms. The minimum Gasteiger partial charge on any atom is -0.481 e. The fraction of sp³-hybridized carbons (Fsp3) is 0.467. The van der Waals surface area contributed by atoms with Crippen LogP contribution in [0.2, 0.25) is 0 Å². The minimum atomic E-state index is -0.651. The highest BCUT2D eigenvalue weighted by Crippen LogP contribution is 2.31. The molecule has 0 amide bonds. The second-order valence-corrected chi connectivity index (χ2v) is 5.46. The fourth-order valence-corrected chi connectivity index (χ4v) is 3.06. The molecule has 0 aromatic carbocycles. The van der Waals surface area contributed by atoms with Crippen LogP contribution in [0, 0.1) is 11.8 Å². The summed E-state index contributed by atoms with van der Waals surface area (Å²) in [6.07, 6.45) is 6.83. The molecular formula is C15H19N3O2. The molecule has 2 aromatic heterocycles. The van der Waals surface area contributed by atoms with Crippen LogP contribution in [0.3, 0.4) is 0 Å². The number of aliphatic carboxylic acids is 1. The van der Waals surface area contributed by atoms with Gasteiger partial charge in [0.2, 0.25) is 0 Å². The lowest BCUT2D eigenvalue weighted by Gasteiger charge is -2.15. The van der Waals surface area contributed by atoms with Crippen molar-refractivity contribution in [3.8, 4) is 0 Å². The van der Waals surface area contributed by atoms with E-state index in [-0.39, 0.29) is 11.8 Å². The molecule has 2 atom stereocenters. The van der Waals surface area contributed by atoms with Crippen LogP contribution in [0.1, 0.15) is 25.0 Å². The summed E-state index contributed by atoms with van der Waals surface area (Å²) in [5, 5.41) is 12.5. The van der Waals surface area contributed by atoms with Crippen LogP contribution in [0.5, 0.6) is 0 Å². The van der Waals surface area contributed by atoms with Crippen LogP contribution >= 0.6 is 0 Å². The zero-order valence-corrected chi connectivity index (χ0v) is 11.3. The molecule has 0 radical (unpaired) electrons. The van der Waals surface area contributed by atoms with Crippen molar-refractivity contribution in [2.75, 3.05) is 6.54 Å². The standard InChI is InChI=1S/C15H19N3O2/c19-15(20)13-5-3-4-11(13)8-16-9-12-10-18-7-2-1-6-14(18)17-12/h1-2,6-7,10-11,13,16H,3-5,8-9H2,(H,19,20). The largest absolute Gasteiger partial charge is 0.481 e. The lowest BCUT2D eigenvalue weighted by Crippen LogP contribution is -2.28. The Balaban J connectivity index is 1.56. The number of hydrogen-bond donors (Lipinski definition) is 2. The zero-order valence-electron chi connectivity index (χ0n) is 11.3. The van der Waals surface area contributed by atoms with Gasteiger partial charge in [-0.15, -0.1) is 0 Å². The van der Waals surface area contributed by atoms with Crippen LogP contribution in [-0.4, -0.2) is 27.0 Å². The Bertz CT molecular complexity index is 575. The molecule has 5 nitrogen and oxygen atoms in total. The lowest BCUT2D eigenvalue weighted by molar-refractivity contribution is -0.142. The molecule has 106 valence electrons. The van der Waals surface area contributed by atoms with E-state index in [2.05, 4.69) is 10.3 Å². The Labute approximate surface area is 117 Å². The Morgan fingerprint density at radius 3 is 3.15 bits per heavy atom. The molecule has 0 aliphatic heterocycles. The van der Waals surface area contributed by atoms with Crippen molar-refractivity contribution in [3.63, 3.8) is 0 Å². The van der Waals surface area contributed by atoms with Crippen molar-refractivity contribution < 1.29 is 9.90 Å². The number of carbonyl (C=O) groups is 1. The first-order valence-corrected chi connectivity index (χ1v) is 7.10. The van der Waals surface area contributed by atoms with E-state index in [9.17, 15) is 4.79 Å². The zero-order chi connectivity index (χ0) is 13.9. The van der Waals surface area contributed by atoms with Gasteiger partial charge in [-0.2, -0.15) is 0 Å². The molecule has 1 saturated carbocycles. The number of carboxylic acids is 1. The maximum absolute atomic E-state index is 11.1. The monoisotopic (exact) mass is 273 g/mol. The maximum atomic E-state index is 11.1. The SMILES string of the molecule is O=C(O)C1CCCC1CNCc1cn2ccccc2n1.